The number of benzene rings is 4. The van der Waals surface area contributed by atoms with Crippen molar-refractivity contribution in [3.63, 3.8) is 0 Å². The highest BCUT2D eigenvalue weighted by Crippen LogP contribution is 2.28. The van der Waals surface area contributed by atoms with Gasteiger partial charge < -0.3 is 23.7 Å². The van der Waals surface area contributed by atoms with Gasteiger partial charge in [-0.25, -0.2) is 19.6 Å². The molecule has 0 spiro atoms. The number of halogens is 8. The molecule has 412 valence electrons. The van der Waals surface area contributed by atoms with Crippen LogP contribution >= 0.6 is 23.2 Å². The van der Waals surface area contributed by atoms with Crippen LogP contribution in [0.5, 0.6) is 11.5 Å². The van der Waals surface area contributed by atoms with E-state index in [1.807, 2.05) is 6.92 Å². The fraction of sp³-hybridized carbons (Fsp3) is 0.320. The summed E-state index contributed by atoms with van der Waals surface area (Å²) in [5.41, 5.74) is -0.178. The molecule has 2 unspecified atom stereocenters. The number of aliphatic hydroxyl groups is 1. The van der Waals surface area contributed by atoms with Crippen LogP contribution in [0.4, 0.5) is 26.3 Å². The Hall–Kier alpha value is -6.80. The summed E-state index contributed by atoms with van der Waals surface area (Å²) in [5, 5.41) is 10.2. The molecule has 0 aliphatic heterocycles. The van der Waals surface area contributed by atoms with Crippen molar-refractivity contribution in [1.29, 1.82) is 0 Å². The van der Waals surface area contributed by atoms with Crippen LogP contribution in [-0.4, -0.2) is 70.2 Å². The Bertz CT molecular complexity index is 3470. The average Bonchev–Trinajstić information content (AvgIpc) is 3.94. The van der Waals surface area contributed by atoms with Gasteiger partial charge in [0.25, 0.3) is 11.1 Å². The number of unbranched alkanes of at least 4 members (excludes halogenated alkanes) is 1. The van der Waals surface area contributed by atoms with Gasteiger partial charge in [0.2, 0.25) is 10.3 Å². The van der Waals surface area contributed by atoms with Gasteiger partial charge in [0, 0.05) is 43.8 Å². The summed E-state index contributed by atoms with van der Waals surface area (Å²) in [7, 11) is -0.932. The molecular weight excluding hydrogens is 1110 g/mol. The molecule has 0 aliphatic carbocycles. The number of fused-ring (bicyclic) bond motifs is 2. The van der Waals surface area contributed by atoms with Crippen molar-refractivity contribution in [2.45, 2.75) is 94.3 Å². The molecule has 77 heavy (non-hydrogen) atoms. The van der Waals surface area contributed by atoms with E-state index in [9.17, 15) is 59.0 Å². The number of hydrogen-bond acceptors (Lipinski definition) is 11. The first-order chi connectivity index (χ1) is 36.0. The lowest BCUT2D eigenvalue weighted by atomic mass is 10.2. The number of rotatable bonds is 18. The van der Waals surface area contributed by atoms with Gasteiger partial charge >= 0.3 is 24.1 Å². The molecular formula is C50H50Cl2F6N8O9S2. The third-order valence-corrected chi connectivity index (χ3v) is 14.6. The second-order valence-corrected chi connectivity index (χ2v) is 20.5. The maximum absolute atomic E-state index is 13.6. The van der Waals surface area contributed by atoms with Crippen molar-refractivity contribution >= 4 is 67.1 Å². The van der Waals surface area contributed by atoms with Crippen molar-refractivity contribution < 1.29 is 49.3 Å². The summed E-state index contributed by atoms with van der Waals surface area (Å²) in [4.78, 5) is 61.4. The predicted molar refractivity (Wildman–Crippen MR) is 279 cm³/mol. The maximum atomic E-state index is 13.6. The van der Waals surface area contributed by atoms with Crippen LogP contribution in [0.25, 0.3) is 22.3 Å². The normalized spacial score (nSPS) is 12.5. The number of aromatic nitrogens is 8. The van der Waals surface area contributed by atoms with Crippen LogP contribution in [-0.2, 0) is 73.4 Å². The van der Waals surface area contributed by atoms with Crippen molar-refractivity contribution in [1.82, 2.24) is 37.4 Å². The lowest BCUT2D eigenvalue weighted by Crippen LogP contribution is -2.40. The number of alkyl halides is 6. The Labute approximate surface area is 449 Å². The van der Waals surface area contributed by atoms with Crippen molar-refractivity contribution in [2.24, 2.45) is 14.1 Å². The molecule has 0 bridgehead atoms. The highest BCUT2D eigenvalue weighted by atomic mass is 35.5. The molecule has 0 saturated carbocycles. The van der Waals surface area contributed by atoms with Gasteiger partial charge in [0.1, 0.15) is 11.5 Å². The van der Waals surface area contributed by atoms with Crippen LogP contribution in [0.1, 0.15) is 55.9 Å². The number of hydrogen-bond donors (Lipinski definition) is 1. The zero-order chi connectivity index (χ0) is 55.2. The smallest absolute Gasteiger partial charge is 0.406 e. The van der Waals surface area contributed by atoms with Crippen LogP contribution in [0.3, 0.4) is 0 Å². The van der Waals surface area contributed by atoms with Crippen LogP contribution in [0, 0.1) is 0 Å². The minimum Gasteiger partial charge on any atom is -0.406 e. The molecule has 2 atom stereocenters. The van der Waals surface area contributed by atoms with E-state index in [-0.39, 0.29) is 96.3 Å². The molecule has 8 aromatic rings. The first-order valence-electron chi connectivity index (χ1n) is 22.9. The topological polar surface area (TPSA) is 196 Å². The van der Waals surface area contributed by atoms with E-state index in [1.54, 1.807) is 48.5 Å². The summed E-state index contributed by atoms with van der Waals surface area (Å²) in [6.07, 6.45) is -8.20. The van der Waals surface area contributed by atoms with Crippen LogP contribution in [0.2, 0.25) is 10.0 Å². The van der Waals surface area contributed by atoms with E-state index in [4.69, 9.17) is 23.2 Å². The Morgan fingerprint density at radius 3 is 1.30 bits per heavy atom. The number of nitrogens with zero attached hydrogens (tertiary/aromatic N) is 8. The molecule has 0 fully saturated rings. The summed E-state index contributed by atoms with van der Waals surface area (Å²) in [6, 6.07) is 23.8. The molecule has 0 saturated heterocycles. The summed E-state index contributed by atoms with van der Waals surface area (Å²) in [5.74, 6) is -1.33. The Balaban J connectivity index is 0.000000246. The summed E-state index contributed by atoms with van der Waals surface area (Å²) < 4.78 is 118. The first-order valence-corrected chi connectivity index (χ1v) is 26.3. The van der Waals surface area contributed by atoms with E-state index in [0.717, 1.165) is 50.0 Å². The van der Waals surface area contributed by atoms with Gasteiger partial charge in [0.15, 0.2) is 22.3 Å². The quantitative estimate of drug-likeness (QED) is 0.0810. The van der Waals surface area contributed by atoms with E-state index < -0.39 is 68.3 Å². The Kier molecular flexibility index (Phi) is 19.4. The Morgan fingerprint density at radius 1 is 0.571 bits per heavy atom. The first kappa shape index (κ1) is 59.4. The van der Waals surface area contributed by atoms with E-state index in [1.165, 1.54) is 52.1 Å². The van der Waals surface area contributed by atoms with Gasteiger partial charge in [-0.3, -0.25) is 36.3 Å². The fourth-order valence-electron chi connectivity index (χ4n) is 7.92. The summed E-state index contributed by atoms with van der Waals surface area (Å²) >= 11 is 12.0. The fourth-order valence-corrected chi connectivity index (χ4v) is 10.6. The SMILES string of the molecule is C.CCCCn1c(=O)c2c(nc(S(=O)Cc3cccc(OC(F)(F)F)c3)n2Cc2ccc(Cl)cc2)n(C)c1=O.Cn1c(=O)n(CCCO)c(=O)c2c1nc(S(=O)Cc1cccc(OC(F)(F)F)c1)n2Cc1ccc(Cl)cc1. The third-order valence-electron chi connectivity index (χ3n) is 11.4. The number of aryl methyl sites for hydroxylation is 2. The highest BCUT2D eigenvalue weighted by Gasteiger charge is 2.33. The van der Waals surface area contributed by atoms with Crippen molar-refractivity contribution in [2.75, 3.05) is 6.61 Å². The monoisotopic (exact) mass is 1150 g/mol. The second-order valence-electron chi connectivity index (χ2n) is 17.0. The van der Waals surface area contributed by atoms with Crippen molar-refractivity contribution in [3.8, 4) is 11.5 Å². The molecule has 1 N–H and O–H groups in total. The molecule has 0 aliphatic rings. The van der Waals surface area contributed by atoms with Crippen LogP contribution < -0.4 is 32.0 Å². The molecule has 17 nitrogen and oxygen atoms in total. The van der Waals surface area contributed by atoms with Crippen LogP contribution in [0.15, 0.2) is 127 Å². The number of imidazole rings is 2. The molecule has 8 rings (SSSR count). The van der Waals surface area contributed by atoms with Gasteiger partial charge in [-0.05, 0) is 83.6 Å². The summed E-state index contributed by atoms with van der Waals surface area (Å²) in [6.45, 7) is 2.05. The maximum Gasteiger partial charge on any atom is 0.573 e. The minimum absolute atomic E-state index is 0. The van der Waals surface area contributed by atoms with Gasteiger partial charge in [-0.2, -0.15) is 0 Å². The molecule has 4 aromatic heterocycles. The minimum atomic E-state index is -4.88. The van der Waals surface area contributed by atoms with E-state index >= 15 is 0 Å². The molecule has 0 radical (unpaired) electrons. The highest BCUT2D eigenvalue weighted by molar-refractivity contribution is 7.84. The molecule has 4 aromatic carbocycles. The third kappa shape index (κ3) is 14.4. The predicted octanol–water partition coefficient (Wildman–Crippen LogP) is 8.43. The average molecular weight is 1160 g/mol. The second kappa shape index (κ2) is 25.1. The lowest BCUT2D eigenvalue weighted by molar-refractivity contribution is -0.275. The van der Waals surface area contributed by atoms with Gasteiger partial charge in [0.05, 0.1) is 46.2 Å². The molecule has 4 heterocycles. The standard InChI is InChI=1S/C25H24ClF3N4O4S.C24H22ClF3N4O5S.CH4/c1-3-4-12-32-22(34)20-21(31(2)24(32)35)30-23(33(20)14-16-8-10-18(26)11-9-16)38(36)15-17-6-5-7-19(13-17)37-25(27,28)29;1-30-20-19(21(34)31(23(30)35)10-3-11-33)32(13-15-6-8-17(25)9-7-15)22(29-20)38(36)14-16-4-2-5-18(12-16)37-24(26,27)28;/h5-11,13H,3-4,12,14-15H2,1-2H3;2,4-9,12,33H,3,10-11,13-14H2,1H3;1H4. The van der Waals surface area contributed by atoms with Gasteiger partial charge in [-0.1, -0.05) is 92.5 Å². The largest absolute Gasteiger partial charge is 0.573 e. The molecule has 0 amide bonds. The lowest BCUT2D eigenvalue weighted by Gasteiger charge is -2.12. The number of aliphatic hydroxyl groups excluding tert-OH is 1. The van der Waals surface area contributed by atoms with E-state index in [0.29, 0.717) is 27.6 Å². The number of ether oxygens (including phenoxy) is 2. The zero-order valence-electron chi connectivity index (χ0n) is 40.4. The molecule has 27 heteroatoms. The zero-order valence-corrected chi connectivity index (χ0v) is 43.6. The van der Waals surface area contributed by atoms with E-state index in [2.05, 4.69) is 19.4 Å². The van der Waals surface area contributed by atoms with Crippen molar-refractivity contribution in [3.05, 3.63) is 171 Å². The van der Waals surface area contributed by atoms with Gasteiger partial charge in [-0.15, -0.1) is 26.3 Å². The Morgan fingerprint density at radius 2 is 0.948 bits per heavy atom.